The van der Waals surface area contributed by atoms with Crippen molar-refractivity contribution in [2.75, 3.05) is 0 Å². The van der Waals surface area contributed by atoms with Crippen LogP contribution in [0.2, 0.25) is 0 Å². The topological polar surface area (TPSA) is 22.1 Å². The number of aryl methyl sites for hydroxylation is 2. The maximum atomic E-state index is 13.3. The minimum absolute atomic E-state index is 0.283. The summed E-state index contributed by atoms with van der Waals surface area (Å²) in [5, 5.41) is 2.91. The van der Waals surface area contributed by atoms with Gasteiger partial charge in [0.2, 0.25) is 0 Å². The van der Waals surface area contributed by atoms with E-state index in [2.05, 4.69) is 4.98 Å². The summed E-state index contributed by atoms with van der Waals surface area (Å²) in [6.45, 7) is 4.14. The highest BCUT2D eigenvalue weighted by Gasteiger charge is 2.05. The molecule has 0 spiro atoms. The smallest absolute Gasteiger partial charge is 0.165 e. The summed E-state index contributed by atoms with van der Waals surface area (Å²) in [5.41, 5.74) is 1.81. The van der Waals surface area contributed by atoms with Crippen LogP contribution >= 0.6 is 11.3 Å². The molecule has 0 amide bonds. The highest BCUT2D eigenvalue weighted by molar-refractivity contribution is 7.09. The second-order valence-electron chi connectivity index (χ2n) is 3.58. The predicted octanol–water partition coefficient (Wildman–Crippen LogP) is 3.48. The molecule has 2 rings (SSSR count). The number of hydrogen-bond donors (Lipinski definition) is 0. The minimum Gasteiger partial charge on any atom is -0.484 e. The van der Waals surface area contributed by atoms with Crippen LogP contribution in [-0.4, -0.2) is 4.98 Å². The largest absolute Gasteiger partial charge is 0.484 e. The zero-order chi connectivity index (χ0) is 11.5. The van der Waals surface area contributed by atoms with Gasteiger partial charge in [0.15, 0.2) is 11.6 Å². The molecule has 0 N–H and O–H groups in total. The van der Waals surface area contributed by atoms with Crippen molar-refractivity contribution in [2.24, 2.45) is 0 Å². The number of rotatable bonds is 3. The lowest BCUT2D eigenvalue weighted by Crippen LogP contribution is -1.98. The van der Waals surface area contributed by atoms with Crippen molar-refractivity contribution >= 4 is 11.3 Å². The fraction of sp³-hybridized carbons (Fsp3) is 0.250. The lowest BCUT2D eigenvalue weighted by atomic mass is 10.2. The van der Waals surface area contributed by atoms with Crippen LogP contribution in [0.3, 0.4) is 0 Å². The molecule has 0 atom stereocenters. The molecule has 0 aliphatic rings. The van der Waals surface area contributed by atoms with Gasteiger partial charge in [0.1, 0.15) is 6.61 Å². The third kappa shape index (κ3) is 2.58. The van der Waals surface area contributed by atoms with E-state index >= 15 is 0 Å². The summed E-state index contributed by atoms with van der Waals surface area (Å²) in [6.07, 6.45) is 0. The molecule has 2 nitrogen and oxygen atoms in total. The zero-order valence-electron chi connectivity index (χ0n) is 9.16. The fourth-order valence-electron chi connectivity index (χ4n) is 1.35. The number of nitrogens with zero attached hydrogens (tertiary/aromatic N) is 1. The van der Waals surface area contributed by atoms with E-state index in [0.717, 1.165) is 16.3 Å². The Bertz CT molecular complexity index is 496. The molecule has 1 aromatic heterocycles. The van der Waals surface area contributed by atoms with Crippen LogP contribution in [0.15, 0.2) is 23.6 Å². The van der Waals surface area contributed by atoms with Gasteiger partial charge in [-0.2, -0.15) is 0 Å². The van der Waals surface area contributed by atoms with E-state index in [1.807, 2.05) is 19.2 Å². The Morgan fingerprint density at radius 2 is 2.19 bits per heavy atom. The summed E-state index contributed by atoms with van der Waals surface area (Å²) >= 11 is 1.56. The van der Waals surface area contributed by atoms with E-state index in [4.69, 9.17) is 4.74 Å². The first-order valence-electron chi connectivity index (χ1n) is 4.95. The predicted molar refractivity (Wildman–Crippen MR) is 62.3 cm³/mol. The number of aromatic nitrogens is 1. The quantitative estimate of drug-likeness (QED) is 0.815. The van der Waals surface area contributed by atoms with Crippen molar-refractivity contribution in [3.8, 4) is 5.75 Å². The molecule has 0 fully saturated rings. The Labute approximate surface area is 97.7 Å². The molecule has 0 aliphatic heterocycles. The molecular formula is C12H12FNOS. The molecule has 0 saturated heterocycles. The molecule has 16 heavy (non-hydrogen) atoms. The SMILES string of the molecule is Cc1ccc(F)c(OCc2csc(C)n2)c1. The van der Waals surface area contributed by atoms with Crippen LogP contribution in [0.25, 0.3) is 0 Å². The Balaban J connectivity index is 2.07. The van der Waals surface area contributed by atoms with Crippen LogP contribution in [0.1, 0.15) is 16.3 Å². The van der Waals surface area contributed by atoms with Crippen LogP contribution in [0.4, 0.5) is 4.39 Å². The van der Waals surface area contributed by atoms with Crippen molar-refractivity contribution < 1.29 is 9.13 Å². The summed E-state index contributed by atoms with van der Waals surface area (Å²) in [7, 11) is 0. The maximum Gasteiger partial charge on any atom is 0.165 e. The number of ether oxygens (including phenoxy) is 1. The van der Waals surface area contributed by atoms with Crippen LogP contribution in [-0.2, 0) is 6.61 Å². The molecule has 84 valence electrons. The van der Waals surface area contributed by atoms with Crippen molar-refractivity contribution in [3.05, 3.63) is 45.7 Å². The first-order valence-corrected chi connectivity index (χ1v) is 5.83. The summed E-state index contributed by atoms with van der Waals surface area (Å²) in [5.74, 6) is -0.0526. The molecule has 2 aromatic rings. The van der Waals surface area contributed by atoms with Gasteiger partial charge >= 0.3 is 0 Å². The summed E-state index contributed by atoms with van der Waals surface area (Å²) in [4.78, 5) is 4.25. The van der Waals surface area contributed by atoms with Gasteiger partial charge in [-0.05, 0) is 31.5 Å². The first-order chi connectivity index (χ1) is 7.65. The molecule has 1 heterocycles. The monoisotopic (exact) mass is 237 g/mol. The molecule has 0 bridgehead atoms. The van der Waals surface area contributed by atoms with E-state index in [0.29, 0.717) is 6.61 Å². The number of thiazole rings is 1. The Hall–Kier alpha value is -1.42. The summed E-state index contributed by atoms with van der Waals surface area (Å²) < 4.78 is 18.7. The van der Waals surface area contributed by atoms with Crippen molar-refractivity contribution in [1.82, 2.24) is 4.98 Å². The average Bonchev–Trinajstić information content (AvgIpc) is 2.66. The highest BCUT2D eigenvalue weighted by Crippen LogP contribution is 2.20. The van der Waals surface area contributed by atoms with Gasteiger partial charge in [0, 0.05) is 5.38 Å². The highest BCUT2D eigenvalue weighted by atomic mass is 32.1. The standard InChI is InChI=1S/C12H12FNOS/c1-8-3-4-11(13)12(5-8)15-6-10-7-16-9(2)14-10/h3-5,7H,6H2,1-2H3. The van der Waals surface area contributed by atoms with Crippen LogP contribution in [0.5, 0.6) is 5.75 Å². The van der Waals surface area contributed by atoms with Crippen molar-refractivity contribution in [1.29, 1.82) is 0 Å². The van der Waals surface area contributed by atoms with E-state index in [9.17, 15) is 4.39 Å². The van der Waals surface area contributed by atoms with Gasteiger partial charge in [-0.3, -0.25) is 0 Å². The normalized spacial score (nSPS) is 10.4. The second kappa shape index (κ2) is 4.61. The third-order valence-corrected chi connectivity index (χ3v) is 2.95. The second-order valence-corrected chi connectivity index (χ2v) is 4.64. The fourth-order valence-corrected chi connectivity index (χ4v) is 1.94. The molecule has 1 aromatic carbocycles. The lowest BCUT2D eigenvalue weighted by Gasteiger charge is -2.06. The molecule has 0 saturated carbocycles. The molecule has 4 heteroatoms. The molecular weight excluding hydrogens is 225 g/mol. The number of hydrogen-bond acceptors (Lipinski definition) is 3. The minimum atomic E-state index is -0.336. The van der Waals surface area contributed by atoms with E-state index in [1.165, 1.54) is 6.07 Å². The molecule has 0 unspecified atom stereocenters. The zero-order valence-corrected chi connectivity index (χ0v) is 9.97. The first kappa shape index (κ1) is 11.1. The maximum absolute atomic E-state index is 13.3. The average molecular weight is 237 g/mol. The van der Waals surface area contributed by atoms with Crippen molar-refractivity contribution in [2.45, 2.75) is 20.5 Å². The summed E-state index contributed by atoms with van der Waals surface area (Å²) in [6, 6.07) is 4.82. The molecule has 0 aliphatic carbocycles. The number of halogens is 1. The van der Waals surface area contributed by atoms with Gasteiger partial charge in [0.25, 0.3) is 0 Å². The van der Waals surface area contributed by atoms with Gasteiger partial charge in [-0.15, -0.1) is 11.3 Å². The van der Waals surface area contributed by atoms with E-state index < -0.39 is 0 Å². The Morgan fingerprint density at radius 3 is 2.88 bits per heavy atom. The van der Waals surface area contributed by atoms with Gasteiger partial charge in [-0.25, -0.2) is 9.37 Å². The number of benzene rings is 1. The van der Waals surface area contributed by atoms with Crippen LogP contribution in [0, 0.1) is 19.7 Å². The Morgan fingerprint density at radius 1 is 1.38 bits per heavy atom. The molecule has 0 radical (unpaired) electrons. The van der Waals surface area contributed by atoms with Gasteiger partial charge in [-0.1, -0.05) is 6.07 Å². The third-order valence-electron chi connectivity index (χ3n) is 2.13. The van der Waals surface area contributed by atoms with Gasteiger partial charge < -0.3 is 4.74 Å². The Kier molecular flexibility index (Phi) is 3.19. The van der Waals surface area contributed by atoms with E-state index in [-0.39, 0.29) is 11.6 Å². The van der Waals surface area contributed by atoms with Crippen LogP contribution < -0.4 is 4.74 Å². The van der Waals surface area contributed by atoms with E-state index in [1.54, 1.807) is 23.5 Å². The van der Waals surface area contributed by atoms with Crippen molar-refractivity contribution in [3.63, 3.8) is 0 Å². The lowest BCUT2D eigenvalue weighted by molar-refractivity contribution is 0.286. The van der Waals surface area contributed by atoms with Gasteiger partial charge in [0.05, 0.1) is 10.7 Å².